The molecular formula is C21H28N2O2. The number of carbonyl (C=O) groups excluding carboxylic acids is 2. The van der Waals surface area contributed by atoms with Crippen LogP contribution in [0.15, 0.2) is 24.3 Å². The summed E-state index contributed by atoms with van der Waals surface area (Å²) < 4.78 is 0. The lowest BCUT2D eigenvalue weighted by Crippen LogP contribution is -2.56. The second-order valence-electron chi connectivity index (χ2n) is 8.70. The smallest absolute Gasteiger partial charge is 0.246 e. The van der Waals surface area contributed by atoms with E-state index in [-0.39, 0.29) is 17.2 Å². The molecule has 5 rings (SSSR count). The number of carbonyl (C=O) groups is 2. The number of nitrogens with one attached hydrogen (secondary N) is 2. The van der Waals surface area contributed by atoms with Gasteiger partial charge < -0.3 is 10.6 Å². The molecule has 1 aromatic carbocycles. The van der Waals surface area contributed by atoms with Gasteiger partial charge in [-0.05, 0) is 81.8 Å². The van der Waals surface area contributed by atoms with Gasteiger partial charge in [0.2, 0.25) is 11.8 Å². The normalized spacial score (nSPS) is 33.8. The number of amides is 2. The molecule has 134 valence electrons. The van der Waals surface area contributed by atoms with Gasteiger partial charge in [0.05, 0.1) is 0 Å². The third kappa shape index (κ3) is 3.07. The summed E-state index contributed by atoms with van der Waals surface area (Å²) in [5, 5.41) is 5.96. The predicted molar refractivity (Wildman–Crippen MR) is 98.0 cm³/mol. The minimum Gasteiger partial charge on any atom is -0.344 e. The van der Waals surface area contributed by atoms with Gasteiger partial charge in [0.15, 0.2) is 0 Å². The first-order valence-electron chi connectivity index (χ1n) is 9.63. The number of para-hydroxylation sites is 1. The molecule has 0 spiro atoms. The highest BCUT2D eigenvalue weighted by Gasteiger charge is 2.54. The fraction of sp³-hybridized carbons (Fsp3) is 0.619. The van der Waals surface area contributed by atoms with E-state index in [9.17, 15) is 9.59 Å². The highest BCUT2D eigenvalue weighted by molar-refractivity contribution is 5.98. The van der Waals surface area contributed by atoms with Crippen LogP contribution in [0.2, 0.25) is 0 Å². The van der Waals surface area contributed by atoms with Crippen molar-refractivity contribution in [3.05, 3.63) is 29.8 Å². The van der Waals surface area contributed by atoms with E-state index in [1.54, 1.807) is 6.92 Å². The first-order valence-corrected chi connectivity index (χ1v) is 9.63. The molecule has 2 amide bonds. The molecule has 4 fully saturated rings. The van der Waals surface area contributed by atoms with Crippen molar-refractivity contribution in [3.63, 3.8) is 0 Å². The Morgan fingerprint density at radius 2 is 1.60 bits per heavy atom. The van der Waals surface area contributed by atoms with E-state index in [4.69, 9.17) is 0 Å². The topological polar surface area (TPSA) is 58.2 Å². The van der Waals surface area contributed by atoms with Crippen LogP contribution < -0.4 is 10.6 Å². The monoisotopic (exact) mass is 340 g/mol. The molecule has 1 atom stereocenters. The first-order chi connectivity index (χ1) is 11.9. The van der Waals surface area contributed by atoms with Crippen molar-refractivity contribution in [2.75, 3.05) is 5.32 Å². The van der Waals surface area contributed by atoms with Crippen molar-refractivity contribution in [1.29, 1.82) is 0 Å². The molecule has 1 aromatic rings. The highest BCUT2D eigenvalue weighted by Crippen LogP contribution is 2.60. The zero-order valence-corrected chi connectivity index (χ0v) is 15.2. The highest BCUT2D eigenvalue weighted by atomic mass is 16.2. The van der Waals surface area contributed by atoms with Gasteiger partial charge >= 0.3 is 0 Å². The molecule has 0 saturated heterocycles. The van der Waals surface area contributed by atoms with Gasteiger partial charge in [0.25, 0.3) is 0 Å². The molecule has 0 aliphatic heterocycles. The van der Waals surface area contributed by atoms with E-state index in [2.05, 4.69) is 10.6 Å². The molecule has 4 nitrogen and oxygen atoms in total. The van der Waals surface area contributed by atoms with Gasteiger partial charge in [-0.25, -0.2) is 0 Å². The summed E-state index contributed by atoms with van der Waals surface area (Å²) in [5.74, 6) is 2.15. The molecule has 1 unspecified atom stereocenters. The second kappa shape index (κ2) is 6.15. The number of benzene rings is 1. The van der Waals surface area contributed by atoms with Crippen LogP contribution in [-0.2, 0) is 9.59 Å². The molecule has 0 aromatic heterocycles. The summed E-state index contributed by atoms with van der Waals surface area (Å²) >= 11 is 0. The van der Waals surface area contributed by atoms with E-state index in [0.717, 1.165) is 48.3 Å². The summed E-state index contributed by atoms with van der Waals surface area (Å²) in [5.41, 5.74) is 1.63. The fourth-order valence-corrected chi connectivity index (χ4v) is 5.76. The van der Waals surface area contributed by atoms with Crippen LogP contribution in [0.25, 0.3) is 0 Å². The molecule has 4 aliphatic rings. The number of anilines is 1. The van der Waals surface area contributed by atoms with Gasteiger partial charge in [-0.15, -0.1) is 0 Å². The number of aryl methyl sites for hydroxylation is 1. The van der Waals surface area contributed by atoms with Crippen LogP contribution in [-0.4, -0.2) is 17.9 Å². The minimum absolute atomic E-state index is 0.110. The Balaban J connectivity index is 1.40. The Bertz CT molecular complexity index is 662. The summed E-state index contributed by atoms with van der Waals surface area (Å²) in [4.78, 5) is 25.5. The number of rotatable bonds is 4. The Morgan fingerprint density at radius 1 is 1.04 bits per heavy atom. The Labute approximate surface area is 149 Å². The minimum atomic E-state index is -0.514. The molecule has 4 heteroatoms. The fourth-order valence-electron chi connectivity index (χ4n) is 5.76. The quantitative estimate of drug-likeness (QED) is 0.879. The maximum absolute atomic E-state index is 13.0. The standard InChI is InChI=1S/C21H28N2O2/c1-13-5-3-4-6-18(13)23-19(24)14(2)22-20(25)21-10-15-7-16(11-21)9-17(8-15)12-21/h3-6,14-17H,7-12H2,1-2H3,(H,22,25)(H,23,24). The van der Waals surface area contributed by atoms with Crippen LogP contribution in [0.1, 0.15) is 51.0 Å². The third-order valence-electron chi connectivity index (χ3n) is 6.66. The maximum atomic E-state index is 13.0. The van der Waals surface area contributed by atoms with Crippen LogP contribution in [0.4, 0.5) is 5.69 Å². The largest absolute Gasteiger partial charge is 0.344 e. The van der Waals surface area contributed by atoms with Crippen LogP contribution in [0.3, 0.4) is 0 Å². The summed E-state index contributed by atoms with van der Waals surface area (Å²) in [6.07, 6.45) is 7.02. The SMILES string of the molecule is Cc1ccccc1NC(=O)C(C)NC(=O)C12CC3CC(CC(C3)C1)C2. The van der Waals surface area contributed by atoms with E-state index in [1.165, 1.54) is 19.3 Å². The Hall–Kier alpha value is -1.84. The van der Waals surface area contributed by atoms with E-state index in [0.29, 0.717) is 0 Å². The van der Waals surface area contributed by atoms with Crippen molar-refractivity contribution < 1.29 is 9.59 Å². The van der Waals surface area contributed by atoms with Crippen LogP contribution in [0.5, 0.6) is 0 Å². The third-order valence-corrected chi connectivity index (χ3v) is 6.66. The lowest BCUT2D eigenvalue weighted by molar-refractivity contribution is -0.147. The van der Waals surface area contributed by atoms with Crippen LogP contribution in [0, 0.1) is 30.1 Å². The maximum Gasteiger partial charge on any atom is 0.246 e. The Kier molecular flexibility index (Phi) is 4.09. The van der Waals surface area contributed by atoms with Crippen molar-refractivity contribution in [1.82, 2.24) is 5.32 Å². The average Bonchev–Trinajstić information content (AvgIpc) is 2.55. The number of hydrogen-bond donors (Lipinski definition) is 2. The Morgan fingerprint density at radius 3 is 2.16 bits per heavy atom. The molecule has 4 bridgehead atoms. The van der Waals surface area contributed by atoms with Gasteiger partial charge in [-0.2, -0.15) is 0 Å². The summed E-state index contributed by atoms with van der Waals surface area (Å²) in [7, 11) is 0. The van der Waals surface area contributed by atoms with Crippen molar-refractivity contribution in [2.45, 2.75) is 58.4 Å². The van der Waals surface area contributed by atoms with Gasteiger partial charge in [-0.1, -0.05) is 18.2 Å². The summed E-state index contributed by atoms with van der Waals surface area (Å²) in [6, 6.07) is 7.19. The lowest BCUT2D eigenvalue weighted by Gasteiger charge is -2.55. The average molecular weight is 340 g/mol. The van der Waals surface area contributed by atoms with Crippen molar-refractivity contribution in [2.24, 2.45) is 23.2 Å². The zero-order chi connectivity index (χ0) is 17.6. The zero-order valence-electron chi connectivity index (χ0n) is 15.2. The van der Waals surface area contributed by atoms with Gasteiger partial charge in [0, 0.05) is 11.1 Å². The predicted octanol–water partition coefficient (Wildman–Crippen LogP) is 3.65. The van der Waals surface area contributed by atoms with E-state index < -0.39 is 6.04 Å². The van der Waals surface area contributed by atoms with Gasteiger partial charge in [-0.3, -0.25) is 9.59 Å². The molecule has 0 radical (unpaired) electrons. The lowest BCUT2D eigenvalue weighted by atomic mass is 9.49. The molecule has 0 heterocycles. The molecule has 4 saturated carbocycles. The molecule has 25 heavy (non-hydrogen) atoms. The van der Waals surface area contributed by atoms with E-state index >= 15 is 0 Å². The summed E-state index contributed by atoms with van der Waals surface area (Å²) in [6.45, 7) is 3.75. The van der Waals surface area contributed by atoms with Crippen LogP contribution >= 0.6 is 0 Å². The number of hydrogen-bond acceptors (Lipinski definition) is 2. The van der Waals surface area contributed by atoms with Gasteiger partial charge in [0.1, 0.15) is 6.04 Å². The molecule has 2 N–H and O–H groups in total. The second-order valence-corrected chi connectivity index (χ2v) is 8.70. The van der Waals surface area contributed by atoms with Crippen molar-refractivity contribution in [3.8, 4) is 0 Å². The van der Waals surface area contributed by atoms with Crippen molar-refractivity contribution >= 4 is 17.5 Å². The van der Waals surface area contributed by atoms with E-state index in [1.807, 2.05) is 31.2 Å². The molecular weight excluding hydrogens is 312 g/mol. The first kappa shape index (κ1) is 16.6. The molecule has 4 aliphatic carbocycles.